The van der Waals surface area contributed by atoms with Crippen molar-refractivity contribution in [3.63, 3.8) is 0 Å². The topological polar surface area (TPSA) is 73.4 Å². The minimum Gasteiger partial charge on any atom is -0.369 e. The van der Waals surface area contributed by atoms with Crippen LogP contribution < -0.4 is 4.31 Å². The van der Waals surface area contributed by atoms with Crippen molar-refractivity contribution < 1.29 is 17.9 Å². The summed E-state index contributed by atoms with van der Waals surface area (Å²) in [7, 11) is -1.80. The van der Waals surface area contributed by atoms with Crippen molar-refractivity contribution in [1.29, 1.82) is 0 Å². The summed E-state index contributed by atoms with van der Waals surface area (Å²) in [6.45, 7) is 5.55. The van der Waals surface area contributed by atoms with E-state index in [2.05, 4.69) is 47.2 Å². The van der Waals surface area contributed by atoms with Gasteiger partial charge < -0.3 is 14.5 Å². The predicted octanol–water partition coefficient (Wildman–Crippen LogP) is 5.37. The van der Waals surface area contributed by atoms with E-state index in [1.807, 2.05) is 29.2 Å². The van der Waals surface area contributed by atoms with Gasteiger partial charge in [0.15, 0.2) is 0 Å². The third-order valence-electron chi connectivity index (χ3n) is 9.89. The molecule has 3 aliphatic heterocycles. The number of carbonyl (C=O) groups excluding carboxylic acids is 1. The van der Waals surface area contributed by atoms with Crippen molar-refractivity contribution in [1.82, 2.24) is 14.7 Å². The number of amides is 1. The first-order valence-electron chi connectivity index (χ1n) is 16.1. The number of rotatable bonds is 9. The Morgan fingerprint density at radius 2 is 1.59 bits per heavy atom. The number of aryl methyl sites for hydroxylation is 1. The van der Waals surface area contributed by atoms with Crippen LogP contribution in [0.3, 0.4) is 0 Å². The highest BCUT2D eigenvalue weighted by Gasteiger charge is 2.42. The van der Waals surface area contributed by atoms with E-state index in [1.165, 1.54) is 28.1 Å². The van der Waals surface area contributed by atoms with E-state index in [0.29, 0.717) is 31.6 Å². The molecule has 0 bridgehead atoms. The fourth-order valence-corrected chi connectivity index (χ4v) is 9.30. The number of anilines is 1. The number of carbonyl (C=O) groups is 1. The fourth-order valence-electron chi connectivity index (χ4n) is 7.21. The molecule has 3 heterocycles. The van der Waals surface area contributed by atoms with E-state index in [-0.39, 0.29) is 39.6 Å². The van der Waals surface area contributed by atoms with Crippen molar-refractivity contribution >= 4 is 44.8 Å². The van der Waals surface area contributed by atoms with Gasteiger partial charge in [0.2, 0.25) is 5.91 Å². The highest BCUT2D eigenvalue weighted by molar-refractivity contribution is 7.92. The van der Waals surface area contributed by atoms with Crippen LogP contribution in [0.15, 0.2) is 77.7 Å². The summed E-state index contributed by atoms with van der Waals surface area (Å²) in [5, 5.41) is 0.463. The second-order valence-electron chi connectivity index (χ2n) is 12.8. The maximum atomic E-state index is 14.0. The van der Waals surface area contributed by atoms with Crippen LogP contribution >= 0.6 is 23.2 Å². The van der Waals surface area contributed by atoms with Gasteiger partial charge in [-0.1, -0.05) is 71.7 Å². The predicted molar refractivity (Wildman–Crippen MR) is 183 cm³/mol. The Hall–Kier alpha value is -2.66. The Balaban J connectivity index is 1.11. The molecule has 246 valence electrons. The number of hydrogen-bond donors (Lipinski definition) is 0. The molecule has 2 saturated heterocycles. The maximum Gasteiger partial charge on any atom is 0.264 e. The number of nitrogens with zero attached hydrogens (tertiary/aromatic N) is 4. The van der Waals surface area contributed by atoms with Crippen LogP contribution in [0, 0.1) is 0 Å². The molecule has 3 aromatic rings. The zero-order chi connectivity index (χ0) is 32.3. The summed E-state index contributed by atoms with van der Waals surface area (Å²) in [5.74, 6) is -0.0539. The summed E-state index contributed by atoms with van der Waals surface area (Å²) >= 11 is 12.3. The number of halogens is 2. The van der Waals surface area contributed by atoms with E-state index in [4.69, 9.17) is 27.9 Å². The minimum atomic E-state index is -3.98. The third kappa shape index (κ3) is 7.10. The Kier molecular flexibility index (Phi) is 10.3. The lowest BCUT2D eigenvalue weighted by atomic mass is 9.79. The van der Waals surface area contributed by atoms with Crippen LogP contribution in [-0.2, 0) is 32.4 Å². The van der Waals surface area contributed by atoms with Gasteiger partial charge in [-0.3, -0.25) is 14.0 Å². The molecule has 0 aromatic heterocycles. The van der Waals surface area contributed by atoms with Crippen molar-refractivity contribution in [3.05, 3.63) is 94.0 Å². The number of para-hydroxylation sites is 1. The SMILES string of the molecule is CN1CCN(C2(Cc3ccccc3)CCN(C(=O)COCC3CCc4ccccc4N3S(=O)(=O)c3ccc(Cl)c(Cl)c3)CC2)CC1. The number of likely N-dealkylation sites (tertiary alicyclic amines) is 1. The van der Waals surface area contributed by atoms with Gasteiger partial charge in [-0.25, -0.2) is 8.42 Å². The van der Waals surface area contributed by atoms with Gasteiger partial charge in [0.05, 0.1) is 33.3 Å². The minimum absolute atomic E-state index is 0.0230. The number of hydrogen-bond acceptors (Lipinski definition) is 6. The van der Waals surface area contributed by atoms with Gasteiger partial charge in [0.25, 0.3) is 10.0 Å². The molecule has 1 unspecified atom stereocenters. The molecule has 1 atom stereocenters. The third-order valence-corrected chi connectivity index (χ3v) is 12.5. The molecule has 3 aliphatic rings. The van der Waals surface area contributed by atoms with Gasteiger partial charge >= 0.3 is 0 Å². The van der Waals surface area contributed by atoms with Gasteiger partial charge in [-0.05, 0) is 74.5 Å². The number of ether oxygens (including phenoxy) is 1. The van der Waals surface area contributed by atoms with E-state index >= 15 is 0 Å². The Labute approximate surface area is 282 Å². The van der Waals surface area contributed by atoms with E-state index in [9.17, 15) is 13.2 Å². The Morgan fingerprint density at radius 1 is 0.891 bits per heavy atom. The molecule has 11 heteroatoms. The Morgan fingerprint density at radius 3 is 2.30 bits per heavy atom. The second-order valence-corrected chi connectivity index (χ2v) is 15.4. The normalized spacial score (nSPS) is 20.8. The quantitative estimate of drug-likeness (QED) is 0.302. The molecule has 2 fully saturated rings. The van der Waals surface area contributed by atoms with Crippen molar-refractivity contribution in [2.45, 2.75) is 48.6 Å². The van der Waals surface area contributed by atoms with E-state index in [1.54, 1.807) is 0 Å². The Bertz CT molecular complexity index is 1620. The molecule has 0 spiro atoms. The van der Waals surface area contributed by atoms with Crippen LogP contribution in [0.25, 0.3) is 0 Å². The summed E-state index contributed by atoms with van der Waals surface area (Å²) in [4.78, 5) is 20.4. The standard InChI is InChI=1S/C35H42Cl2N4O4S/c1-38-19-21-40(22-20-38)35(24-27-7-3-2-4-8-27)15-17-39(18-16-35)34(42)26-45-25-29-12-11-28-9-5-6-10-33(28)41(29)46(43,44)30-13-14-31(36)32(37)23-30/h2-10,13-14,23,29H,11-12,15-22,24-26H2,1H3. The first-order valence-corrected chi connectivity index (χ1v) is 18.3. The fraction of sp³-hybridized carbons (Fsp3) is 0.457. The molecule has 8 nitrogen and oxygen atoms in total. The van der Waals surface area contributed by atoms with Crippen LogP contribution in [-0.4, -0.2) is 100 Å². The number of piperidine rings is 1. The highest BCUT2D eigenvalue weighted by atomic mass is 35.5. The molecule has 0 radical (unpaired) electrons. The maximum absolute atomic E-state index is 14.0. The van der Waals surface area contributed by atoms with Crippen LogP contribution in [0.2, 0.25) is 10.0 Å². The first-order chi connectivity index (χ1) is 22.2. The molecule has 46 heavy (non-hydrogen) atoms. The van der Waals surface area contributed by atoms with Gasteiger partial charge in [-0.2, -0.15) is 0 Å². The first kappa shape index (κ1) is 33.2. The van der Waals surface area contributed by atoms with Crippen molar-refractivity contribution in [2.75, 3.05) is 63.8 Å². The summed E-state index contributed by atoms with van der Waals surface area (Å²) in [5.41, 5.74) is 2.93. The highest BCUT2D eigenvalue weighted by Crippen LogP contribution is 2.37. The largest absolute Gasteiger partial charge is 0.369 e. The number of fused-ring (bicyclic) bond motifs is 1. The molecule has 0 saturated carbocycles. The molecular weight excluding hydrogens is 643 g/mol. The van der Waals surface area contributed by atoms with Crippen LogP contribution in [0.1, 0.15) is 30.4 Å². The summed E-state index contributed by atoms with van der Waals surface area (Å²) in [6, 6.07) is 22.1. The summed E-state index contributed by atoms with van der Waals surface area (Å²) in [6.07, 6.45) is 4.08. The summed E-state index contributed by atoms with van der Waals surface area (Å²) < 4.78 is 35.4. The van der Waals surface area contributed by atoms with Crippen LogP contribution in [0.5, 0.6) is 0 Å². The van der Waals surface area contributed by atoms with Crippen molar-refractivity contribution in [2.24, 2.45) is 0 Å². The number of sulfonamides is 1. The molecule has 3 aromatic carbocycles. The number of benzene rings is 3. The van der Waals surface area contributed by atoms with E-state index in [0.717, 1.165) is 51.0 Å². The van der Waals surface area contributed by atoms with Gasteiger partial charge in [0, 0.05) is 44.8 Å². The number of piperazine rings is 1. The molecule has 1 amide bonds. The van der Waals surface area contributed by atoms with E-state index < -0.39 is 16.1 Å². The monoisotopic (exact) mass is 684 g/mol. The molecule has 0 aliphatic carbocycles. The second kappa shape index (κ2) is 14.2. The molecule has 6 rings (SSSR count). The molecular formula is C35H42Cl2N4O4S. The smallest absolute Gasteiger partial charge is 0.264 e. The zero-order valence-electron chi connectivity index (χ0n) is 26.3. The average molecular weight is 686 g/mol. The van der Waals surface area contributed by atoms with Crippen molar-refractivity contribution in [3.8, 4) is 0 Å². The lowest BCUT2D eigenvalue weighted by Gasteiger charge is -2.51. The average Bonchev–Trinajstić information content (AvgIpc) is 3.06. The lowest BCUT2D eigenvalue weighted by Crippen LogP contribution is -2.62. The number of likely N-dealkylation sites (N-methyl/N-ethyl adjacent to an activating group) is 1. The van der Waals surface area contributed by atoms with Crippen LogP contribution in [0.4, 0.5) is 5.69 Å². The lowest BCUT2D eigenvalue weighted by molar-refractivity contribution is -0.139. The van der Waals surface area contributed by atoms with Gasteiger partial charge in [0.1, 0.15) is 6.61 Å². The zero-order valence-corrected chi connectivity index (χ0v) is 28.6. The molecule has 0 N–H and O–H groups in total. The van der Waals surface area contributed by atoms with Gasteiger partial charge in [-0.15, -0.1) is 0 Å².